The van der Waals surface area contributed by atoms with Gasteiger partial charge in [0.1, 0.15) is 0 Å². The summed E-state index contributed by atoms with van der Waals surface area (Å²) in [6, 6.07) is 5.35. The fourth-order valence-electron chi connectivity index (χ4n) is 1.59. The van der Waals surface area contributed by atoms with E-state index in [9.17, 15) is 13.2 Å². The molecule has 1 heterocycles. The monoisotopic (exact) mass is 280 g/mol. The lowest BCUT2D eigenvalue weighted by Crippen LogP contribution is -2.13. The van der Waals surface area contributed by atoms with Gasteiger partial charge in [-0.15, -0.1) is 0 Å². The van der Waals surface area contributed by atoms with Crippen molar-refractivity contribution in [2.75, 3.05) is 5.75 Å². The first-order valence-electron chi connectivity index (χ1n) is 5.51. The average Bonchev–Trinajstić information content (AvgIpc) is 2.90. The molecule has 0 atom stereocenters. The number of rotatable bonds is 5. The van der Waals surface area contributed by atoms with E-state index in [1.165, 1.54) is 30.6 Å². The van der Waals surface area contributed by atoms with E-state index in [4.69, 9.17) is 5.11 Å². The topological polar surface area (TPSA) is 89.3 Å². The van der Waals surface area contributed by atoms with Crippen LogP contribution in [-0.2, 0) is 16.4 Å². The van der Waals surface area contributed by atoms with E-state index in [0.29, 0.717) is 0 Å². The third-order valence-electron chi connectivity index (χ3n) is 2.62. The summed E-state index contributed by atoms with van der Waals surface area (Å²) in [5, 5.41) is 8.85. The highest BCUT2D eigenvalue weighted by molar-refractivity contribution is 7.91. The van der Waals surface area contributed by atoms with Gasteiger partial charge in [0.25, 0.3) is 0 Å². The van der Waals surface area contributed by atoms with Crippen LogP contribution in [-0.4, -0.2) is 34.8 Å². The largest absolute Gasteiger partial charge is 0.478 e. The van der Waals surface area contributed by atoms with Crippen LogP contribution in [0.5, 0.6) is 0 Å². The van der Waals surface area contributed by atoms with Gasteiger partial charge in [0.15, 0.2) is 9.84 Å². The van der Waals surface area contributed by atoms with E-state index in [0.717, 1.165) is 0 Å². The number of aryl methyl sites for hydroxylation is 1. The molecule has 100 valence electrons. The molecule has 2 rings (SSSR count). The van der Waals surface area contributed by atoms with Crippen molar-refractivity contribution in [3.8, 4) is 0 Å². The second-order valence-corrected chi connectivity index (χ2v) is 6.06. The fraction of sp³-hybridized carbons (Fsp3) is 0.167. The van der Waals surface area contributed by atoms with Gasteiger partial charge in [-0.1, -0.05) is 6.07 Å². The zero-order chi connectivity index (χ0) is 13.9. The molecule has 0 amide bonds. The van der Waals surface area contributed by atoms with E-state index in [2.05, 4.69) is 4.98 Å². The SMILES string of the molecule is O=C(O)c1cccc(S(=O)(=O)CCn2ccnc2)c1. The Morgan fingerprint density at radius 1 is 1.37 bits per heavy atom. The molecule has 0 aliphatic carbocycles. The predicted molar refractivity (Wildman–Crippen MR) is 67.7 cm³/mol. The first-order chi connectivity index (χ1) is 8.99. The molecule has 1 N–H and O–H groups in total. The molecule has 0 radical (unpaired) electrons. The summed E-state index contributed by atoms with van der Waals surface area (Å²) in [6.07, 6.45) is 4.77. The van der Waals surface area contributed by atoms with Crippen LogP contribution in [0.1, 0.15) is 10.4 Å². The maximum atomic E-state index is 12.1. The van der Waals surface area contributed by atoms with Crippen LogP contribution >= 0.6 is 0 Å². The minimum Gasteiger partial charge on any atom is -0.478 e. The number of carboxylic acid groups (broad SMARTS) is 1. The van der Waals surface area contributed by atoms with Crippen molar-refractivity contribution in [1.29, 1.82) is 0 Å². The second-order valence-electron chi connectivity index (χ2n) is 3.95. The lowest BCUT2D eigenvalue weighted by atomic mass is 10.2. The van der Waals surface area contributed by atoms with Crippen LogP contribution in [0.15, 0.2) is 47.9 Å². The van der Waals surface area contributed by atoms with Crippen LogP contribution in [0.4, 0.5) is 0 Å². The summed E-state index contributed by atoms with van der Waals surface area (Å²) >= 11 is 0. The lowest BCUT2D eigenvalue weighted by molar-refractivity contribution is 0.0696. The van der Waals surface area contributed by atoms with E-state index in [1.807, 2.05) is 0 Å². The van der Waals surface area contributed by atoms with Gasteiger partial charge in [0.2, 0.25) is 0 Å². The summed E-state index contributed by atoms with van der Waals surface area (Å²) in [5.74, 6) is -1.25. The summed E-state index contributed by atoms with van der Waals surface area (Å²) < 4.78 is 25.8. The Morgan fingerprint density at radius 3 is 2.79 bits per heavy atom. The first-order valence-corrected chi connectivity index (χ1v) is 7.16. The Hall–Kier alpha value is -2.15. The highest BCUT2D eigenvalue weighted by Gasteiger charge is 2.16. The number of aromatic carboxylic acids is 1. The molecule has 0 saturated heterocycles. The third kappa shape index (κ3) is 3.19. The molecular weight excluding hydrogens is 268 g/mol. The Kier molecular flexibility index (Phi) is 3.66. The van der Waals surface area contributed by atoms with E-state index >= 15 is 0 Å². The minimum atomic E-state index is -3.50. The van der Waals surface area contributed by atoms with Crippen LogP contribution in [0, 0.1) is 0 Å². The van der Waals surface area contributed by atoms with Crippen molar-refractivity contribution in [2.24, 2.45) is 0 Å². The Morgan fingerprint density at radius 2 is 2.16 bits per heavy atom. The van der Waals surface area contributed by atoms with E-state index in [-0.39, 0.29) is 22.8 Å². The van der Waals surface area contributed by atoms with Crippen LogP contribution in [0.3, 0.4) is 0 Å². The van der Waals surface area contributed by atoms with Crippen LogP contribution in [0.25, 0.3) is 0 Å². The maximum Gasteiger partial charge on any atom is 0.335 e. The molecule has 19 heavy (non-hydrogen) atoms. The molecule has 0 spiro atoms. The molecule has 0 saturated carbocycles. The quantitative estimate of drug-likeness (QED) is 0.884. The Bertz CT molecular complexity index is 678. The van der Waals surface area contributed by atoms with Crippen molar-refractivity contribution in [3.05, 3.63) is 48.5 Å². The van der Waals surface area contributed by atoms with Crippen molar-refractivity contribution >= 4 is 15.8 Å². The van der Waals surface area contributed by atoms with Gasteiger partial charge in [-0.3, -0.25) is 0 Å². The van der Waals surface area contributed by atoms with Gasteiger partial charge in [-0.2, -0.15) is 0 Å². The van der Waals surface area contributed by atoms with Gasteiger partial charge in [0, 0.05) is 18.9 Å². The van der Waals surface area contributed by atoms with Gasteiger partial charge in [-0.25, -0.2) is 18.2 Å². The van der Waals surface area contributed by atoms with Crippen LogP contribution in [0.2, 0.25) is 0 Å². The number of sulfone groups is 1. The number of nitrogens with zero attached hydrogens (tertiary/aromatic N) is 2. The van der Waals surface area contributed by atoms with Gasteiger partial charge in [-0.05, 0) is 18.2 Å². The molecule has 1 aromatic heterocycles. The molecule has 0 unspecified atom stereocenters. The van der Waals surface area contributed by atoms with Crippen molar-refractivity contribution in [1.82, 2.24) is 9.55 Å². The van der Waals surface area contributed by atoms with Crippen LogP contribution < -0.4 is 0 Å². The Labute approximate surface area is 110 Å². The zero-order valence-corrected chi connectivity index (χ0v) is 10.7. The molecule has 1 aromatic carbocycles. The number of imidazole rings is 1. The van der Waals surface area contributed by atoms with Gasteiger partial charge in [0.05, 0.1) is 22.5 Å². The second kappa shape index (κ2) is 5.23. The number of hydrogen-bond acceptors (Lipinski definition) is 4. The molecule has 2 aromatic rings. The third-order valence-corrected chi connectivity index (χ3v) is 4.31. The molecule has 7 heteroatoms. The average molecular weight is 280 g/mol. The standard InChI is InChI=1S/C12H12N2O4S/c15-12(16)10-2-1-3-11(8-10)19(17,18)7-6-14-5-4-13-9-14/h1-5,8-9H,6-7H2,(H,15,16). The van der Waals surface area contributed by atoms with Crippen molar-refractivity contribution in [3.63, 3.8) is 0 Å². The van der Waals surface area contributed by atoms with Crippen molar-refractivity contribution < 1.29 is 18.3 Å². The Balaban J connectivity index is 2.19. The van der Waals surface area contributed by atoms with Gasteiger partial charge < -0.3 is 9.67 Å². The predicted octanol–water partition coefficient (Wildman–Crippen LogP) is 1.06. The first kappa shape index (κ1) is 13.3. The molecular formula is C12H12N2O4S. The lowest BCUT2D eigenvalue weighted by Gasteiger charge is -2.06. The molecule has 0 aliphatic heterocycles. The summed E-state index contributed by atoms with van der Waals surface area (Å²) in [7, 11) is -3.50. The molecule has 0 fully saturated rings. The number of carboxylic acids is 1. The minimum absolute atomic E-state index is 0.0208. The molecule has 0 aliphatic rings. The number of hydrogen-bond donors (Lipinski definition) is 1. The number of aromatic nitrogens is 2. The van der Waals surface area contributed by atoms with E-state index in [1.54, 1.807) is 17.0 Å². The van der Waals surface area contributed by atoms with E-state index < -0.39 is 15.8 Å². The normalized spacial score (nSPS) is 11.4. The molecule has 0 bridgehead atoms. The maximum absolute atomic E-state index is 12.1. The summed E-state index contributed by atoms with van der Waals surface area (Å²) in [5.41, 5.74) is -0.0382. The highest BCUT2D eigenvalue weighted by Crippen LogP contribution is 2.14. The van der Waals surface area contributed by atoms with Gasteiger partial charge >= 0.3 is 5.97 Å². The number of benzene rings is 1. The summed E-state index contributed by atoms with van der Waals surface area (Å²) in [4.78, 5) is 14.7. The smallest absolute Gasteiger partial charge is 0.335 e. The zero-order valence-electron chi connectivity index (χ0n) is 9.93. The summed E-state index contributed by atoms with van der Waals surface area (Å²) in [6.45, 7) is 0.277. The highest BCUT2D eigenvalue weighted by atomic mass is 32.2. The number of carbonyl (C=O) groups is 1. The molecule has 6 nitrogen and oxygen atoms in total. The fourth-order valence-corrected chi connectivity index (χ4v) is 2.86. The van der Waals surface area contributed by atoms with Crippen molar-refractivity contribution in [2.45, 2.75) is 11.4 Å².